The van der Waals surface area contributed by atoms with E-state index < -0.39 is 0 Å². The Labute approximate surface area is 64.6 Å². The molecule has 2 rings (SSSR count). The average Bonchev–Trinajstić information content (AvgIpc) is 2.05. The first-order chi connectivity index (χ1) is 4.97. The van der Waals surface area contributed by atoms with Gasteiger partial charge in [0.25, 0.3) is 0 Å². The molecule has 2 radical (unpaired) electrons. The van der Waals surface area contributed by atoms with Gasteiger partial charge in [-0.1, -0.05) is 18.2 Å². The van der Waals surface area contributed by atoms with Gasteiger partial charge in [-0.25, -0.2) is 0 Å². The first-order valence-corrected chi connectivity index (χ1v) is 3.85. The van der Waals surface area contributed by atoms with E-state index in [1.165, 1.54) is 17.6 Å². The summed E-state index contributed by atoms with van der Waals surface area (Å²) in [4.78, 5) is 0. The standard InChI is InChI=1S/C8H6OS/c1-2-4-8-7(3-1)5-6-10-9-8/h1-4H,5H2. The Bertz CT molecular complexity index is 209. The van der Waals surface area contributed by atoms with Crippen LogP contribution >= 0.6 is 12.0 Å². The Morgan fingerprint density at radius 2 is 2.30 bits per heavy atom. The minimum atomic E-state index is 0.890. The second-order valence-electron chi connectivity index (χ2n) is 2.10. The maximum atomic E-state index is 5.23. The average molecular weight is 150 g/mol. The van der Waals surface area contributed by atoms with E-state index in [1.807, 2.05) is 18.2 Å². The van der Waals surface area contributed by atoms with E-state index >= 15 is 0 Å². The zero-order valence-corrected chi connectivity index (χ0v) is 6.15. The molecule has 0 bridgehead atoms. The number of fused-ring (bicyclic) bond motifs is 1. The summed E-state index contributed by atoms with van der Waals surface area (Å²) < 4.78 is 5.23. The van der Waals surface area contributed by atoms with Crippen LogP contribution in [0.3, 0.4) is 0 Å². The molecule has 1 heterocycles. The van der Waals surface area contributed by atoms with Crippen LogP contribution in [0.5, 0.6) is 5.75 Å². The highest BCUT2D eigenvalue weighted by Crippen LogP contribution is 2.30. The molecule has 2 heteroatoms. The molecule has 1 aliphatic heterocycles. The van der Waals surface area contributed by atoms with E-state index in [9.17, 15) is 0 Å². The summed E-state index contributed by atoms with van der Waals surface area (Å²) in [5, 5.41) is 0. The Kier molecular flexibility index (Phi) is 1.55. The lowest BCUT2D eigenvalue weighted by Gasteiger charge is -2.12. The maximum Gasteiger partial charge on any atom is 0.140 e. The molecule has 0 fully saturated rings. The van der Waals surface area contributed by atoms with Crippen LogP contribution in [-0.2, 0) is 6.42 Å². The lowest BCUT2D eigenvalue weighted by atomic mass is 10.1. The van der Waals surface area contributed by atoms with Crippen molar-refractivity contribution in [1.29, 1.82) is 0 Å². The molecule has 0 spiro atoms. The molecule has 10 heavy (non-hydrogen) atoms. The molecule has 0 unspecified atom stereocenters. The summed E-state index contributed by atoms with van der Waals surface area (Å²) in [6, 6.07) is 8.02. The summed E-state index contributed by atoms with van der Waals surface area (Å²) in [6.07, 6.45) is 0.890. The van der Waals surface area contributed by atoms with Crippen LogP contribution in [0.25, 0.3) is 0 Å². The van der Waals surface area contributed by atoms with Crippen molar-refractivity contribution in [3.8, 4) is 5.75 Å². The number of hydrogen-bond donors (Lipinski definition) is 0. The summed E-state index contributed by atoms with van der Waals surface area (Å²) in [5.41, 5.74) is 1.22. The lowest BCUT2D eigenvalue weighted by Crippen LogP contribution is -1.96. The van der Waals surface area contributed by atoms with Crippen LogP contribution in [0.15, 0.2) is 24.3 Å². The van der Waals surface area contributed by atoms with Crippen molar-refractivity contribution in [1.82, 2.24) is 0 Å². The van der Waals surface area contributed by atoms with Gasteiger partial charge >= 0.3 is 0 Å². The van der Waals surface area contributed by atoms with Gasteiger partial charge in [-0.3, -0.25) is 0 Å². The van der Waals surface area contributed by atoms with Crippen molar-refractivity contribution < 1.29 is 4.18 Å². The Morgan fingerprint density at radius 1 is 1.40 bits per heavy atom. The smallest absolute Gasteiger partial charge is 0.140 e. The Hall–Kier alpha value is -0.630. The largest absolute Gasteiger partial charge is 0.425 e. The fourth-order valence-corrected chi connectivity index (χ4v) is 1.44. The van der Waals surface area contributed by atoms with Crippen molar-refractivity contribution >= 4 is 12.0 Å². The molecule has 50 valence electrons. The lowest BCUT2D eigenvalue weighted by molar-refractivity contribution is 0.629. The molecule has 0 aliphatic carbocycles. The van der Waals surface area contributed by atoms with Gasteiger partial charge in [0.05, 0.1) is 17.8 Å². The summed E-state index contributed by atoms with van der Waals surface area (Å²) in [5.74, 6) is 4.01. The minimum Gasteiger partial charge on any atom is -0.425 e. The highest BCUT2D eigenvalue weighted by molar-refractivity contribution is 7.97. The van der Waals surface area contributed by atoms with Gasteiger partial charge in [0.1, 0.15) is 5.75 Å². The monoisotopic (exact) mass is 150 g/mol. The van der Waals surface area contributed by atoms with Crippen LogP contribution in [-0.4, -0.2) is 0 Å². The van der Waals surface area contributed by atoms with E-state index in [1.54, 1.807) is 0 Å². The number of hydrogen-bond acceptors (Lipinski definition) is 2. The predicted octanol–water partition coefficient (Wildman–Crippen LogP) is 2.31. The molecule has 0 saturated heterocycles. The van der Waals surface area contributed by atoms with E-state index in [-0.39, 0.29) is 0 Å². The Morgan fingerprint density at radius 3 is 3.20 bits per heavy atom. The maximum absolute atomic E-state index is 5.23. The Balaban J connectivity index is 2.41. The highest BCUT2D eigenvalue weighted by Gasteiger charge is 2.09. The van der Waals surface area contributed by atoms with E-state index in [2.05, 4.69) is 11.8 Å². The van der Waals surface area contributed by atoms with Crippen LogP contribution < -0.4 is 4.18 Å². The van der Waals surface area contributed by atoms with Gasteiger partial charge in [-0.15, -0.1) is 0 Å². The summed E-state index contributed by atoms with van der Waals surface area (Å²) in [6.45, 7) is 0. The highest BCUT2D eigenvalue weighted by atomic mass is 32.2. The van der Waals surface area contributed by atoms with E-state index in [0.717, 1.165) is 12.2 Å². The van der Waals surface area contributed by atoms with Gasteiger partial charge in [0.2, 0.25) is 0 Å². The molecule has 0 N–H and O–H groups in total. The number of rotatable bonds is 0. The van der Waals surface area contributed by atoms with Crippen molar-refractivity contribution in [3.05, 3.63) is 35.6 Å². The third-order valence-corrected chi connectivity index (χ3v) is 1.95. The first-order valence-electron chi connectivity index (χ1n) is 3.11. The molecule has 0 atom stereocenters. The quantitative estimate of drug-likeness (QED) is 0.525. The summed E-state index contributed by atoms with van der Waals surface area (Å²) in [7, 11) is 0. The van der Waals surface area contributed by atoms with Crippen LogP contribution in [0.1, 0.15) is 5.56 Å². The fourth-order valence-electron chi connectivity index (χ4n) is 0.913. The van der Waals surface area contributed by atoms with Gasteiger partial charge in [-0.05, 0) is 18.1 Å². The van der Waals surface area contributed by atoms with Gasteiger partial charge < -0.3 is 4.18 Å². The second kappa shape index (κ2) is 2.54. The normalized spacial score (nSPS) is 15.6. The van der Waals surface area contributed by atoms with Gasteiger partial charge in [0.15, 0.2) is 0 Å². The molecule has 1 nitrogen and oxygen atoms in total. The predicted molar refractivity (Wildman–Crippen MR) is 41.6 cm³/mol. The zero-order chi connectivity index (χ0) is 6.81. The number of para-hydroxylation sites is 1. The minimum absolute atomic E-state index is 0.890. The number of benzene rings is 1. The van der Waals surface area contributed by atoms with E-state index in [4.69, 9.17) is 4.18 Å². The van der Waals surface area contributed by atoms with Crippen molar-refractivity contribution in [2.45, 2.75) is 6.42 Å². The van der Waals surface area contributed by atoms with Gasteiger partial charge in [-0.2, -0.15) is 0 Å². The topological polar surface area (TPSA) is 9.23 Å². The second-order valence-corrected chi connectivity index (χ2v) is 2.72. The molecule has 0 saturated carbocycles. The molecular weight excluding hydrogens is 144 g/mol. The third-order valence-electron chi connectivity index (χ3n) is 1.43. The van der Waals surface area contributed by atoms with Crippen LogP contribution in [0.4, 0.5) is 0 Å². The summed E-state index contributed by atoms with van der Waals surface area (Å²) >= 11 is 1.29. The zero-order valence-electron chi connectivity index (χ0n) is 5.33. The molecule has 0 aromatic heterocycles. The molecule has 1 aliphatic rings. The molecular formula is C8H6OS. The van der Waals surface area contributed by atoms with Crippen LogP contribution in [0, 0.1) is 5.75 Å². The molecule has 1 aromatic carbocycles. The van der Waals surface area contributed by atoms with Crippen molar-refractivity contribution in [3.63, 3.8) is 0 Å². The van der Waals surface area contributed by atoms with Crippen molar-refractivity contribution in [2.24, 2.45) is 0 Å². The molecule has 0 amide bonds. The van der Waals surface area contributed by atoms with Crippen molar-refractivity contribution in [2.75, 3.05) is 0 Å². The first kappa shape index (κ1) is 6.10. The van der Waals surface area contributed by atoms with Crippen LogP contribution in [0.2, 0.25) is 0 Å². The SMILES string of the molecule is [C]1Cc2ccccc2OS1. The van der Waals surface area contributed by atoms with E-state index in [0.29, 0.717) is 0 Å². The van der Waals surface area contributed by atoms with Gasteiger partial charge in [0, 0.05) is 0 Å². The third kappa shape index (κ3) is 0.991. The molecule has 1 aromatic rings. The fraction of sp³-hybridized carbons (Fsp3) is 0.125.